The van der Waals surface area contributed by atoms with E-state index in [0.717, 1.165) is 0 Å². The number of thioether (sulfide) groups is 1. The molecule has 9 heteroatoms. The highest BCUT2D eigenvalue weighted by molar-refractivity contribution is 8.00. The Morgan fingerprint density at radius 2 is 1.96 bits per heavy atom. The van der Waals surface area contributed by atoms with E-state index in [1.807, 2.05) is 0 Å². The Balaban J connectivity index is 1.94. The zero-order valence-corrected chi connectivity index (χ0v) is 16.3. The van der Waals surface area contributed by atoms with Crippen LogP contribution in [0.3, 0.4) is 0 Å². The molecule has 1 amide bonds. The van der Waals surface area contributed by atoms with Crippen molar-refractivity contribution in [2.24, 2.45) is 0 Å². The topological polar surface area (TPSA) is 97.8 Å². The Kier molecular flexibility index (Phi) is 6.82. The molecule has 1 aliphatic heterocycles. The summed E-state index contributed by atoms with van der Waals surface area (Å²) in [5.74, 6) is -0.876. The second kappa shape index (κ2) is 8.68. The number of benzene rings is 1. The first-order valence-electron chi connectivity index (χ1n) is 8.04. The number of Topliss-reactive ketones (excluding diaryl/α,β-unsaturated/α-hetero) is 1. The van der Waals surface area contributed by atoms with Crippen molar-refractivity contribution in [1.82, 2.24) is 4.90 Å². The highest BCUT2D eigenvalue weighted by atomic mass is 32.2. The van der Waals surface area contributed by atoms with Gasteiger partial charge in [-0.2, -0.15) is 0 Å². The summed E-state index contributed by atoms with van der Waals surface area (Å²) in [6.07, 6.45) is 0.392. The van der Waals surface area contributed by atoms with Gasteiger partial charge in [0, 0.05) is 18.0 Å². The Morgan fingerprint density at radius 1 is 1.27 bits per heavy atom. The lowest BCUT2D eigenvalue weighted by molar-refractivity contribution is -0.134. The molecule has 0 bridgehead atoms. The molecule has 1 fully saturated rings. The minimum atomic E-state index is -3.10. The van der Waals surface area contributed by atoms with E-state index in [-0.39, 0.29) is 34.6 Å². The fourth-order valence-electron chi connectivity index (χ4n) is 2.53. The number of carbonyl (C=O) groups excluding carboxylic acids is 3. The average molecular weight is 399 g/mol. The first kappa shape index (κ1) is 20.4. The molecule has 26 heavy (non-hydrogen) atoms. The van der Waals surface area contributed by atoms with E-state index in [0.29, 0.717) is 11.3 Å². The molecule has 0 N–H and O–H groups in total. The molecule has 7 nitrogen and oxygen atoms in total. The van der Waals surface area contributed by atoms with Gasteiger partial charge in [0.15, 0.2) is 16.4 Å². The highest BCUT2D eigenvalue weighted by Gasteiger charge is 2.33. The summed E-state index contributed by atoms with van der Waals surface area (Å²) in [7, 11) is -1.59. The normalized spacial score (nSPS) is 18.3. The van der Waals surface area contributed by atoms with Crippen LogP contribution in [-0.4, -0.2) is 67.9 Å². The number of ether oxygens (including phenoxy) is 1. The van der Waals surface area contributed by atoms with Crippen LogP contribution in [0, 0.1) is 0 Å². The second-order valence-electron chi connectivity index (χ2n) is 6.12. The Morgan fingerprint density at radius 3 is 2.58 bits per heavy atom. The van der Waals surface area contributed by atoms with Gasteiger partial charge in [-0.3, -0.25) is 9.59 Å². The number of hydrogen-bond donors (Lipinski definition) is 0. The third kappa shape index (κ3) is 5.57. The lowest BCUT2D eigenvalue weighted by atomic mass is 10.2. The molecule has 0 saturated carbocycles. The molecule has 1 aliphatic rings. The lowest BCUT2D eigenvalue weighted by Crippen LogP contribution is -2.40. The van der Waals surface area contributed by atoms with Crippen LogP contribution in [0.15, 0.2) is 29.2 Å². The molecule has 142 valence electrons. The monoisotopic (exact) mass is 399 g/mol. The van der Waals surface area contributed by atoms with Crippen LogP contribution in [0.1, 0.15) is 23.7 Å². The van der Waals surface area contributed by atoms with E-state index in [2.05, 4.69) is 0 Å². The molecule has 1 atom stereocenters. The van der Waals surface area contributed by atoms with Gasteiger partial charge in [0.05, 0.1) is 22.8 Å². The van der Waals surface area contributed by atoms with E-state index in [4.69, 9.17) is 4.74 Å². The van der Waals surface area contributed by atoms with Crippen LogP contribution in [0.25, 0.3) is 0 Å². The Bertz CT molecular complexity index is 805. The number of amides is 1. The summed E-state index contributed by atoms with van der Waals surface area (Å²) in [6, 6.07) is 6.32. The molecule has 0 radical (unpaired) electrons. The number of hydrogen-bond acceptors (Lipinski definition) is 7. The van der Waals surface area contributed by atoms with Crippen molar-refractivity contribution in [3.8, 4) is 0 Å². The molecule has 1 aromatic rings. The summed E-state index contributed by atoms with van der Waals surface area (Å²) in [5, 5.41) is 0. The summed E-state index contributed by atoms with van der Waals surface area (Å²) in [5.41, 5.74) is 0.289. The number of carbonyl (C=O) groups is 3. The van der Waals surface area contributed by atoms with Gasteiger partial charge in [-0.1, -0.05) is 12.1 Å². The number of sulfone groups is 1. The van der Waals surface area contributed by atoms with Crippen LogP contribution in [-0.2, 0) is 24.2 Å². The fraction of sp³-hybridized carbons (Fsp3) is 0.471. The third-order valence-electron chi connectivity index (χ3n) is 4.01. The zero-order valence-electron chi connectivity index (χ0n) is 14.6. The maximum absolute atomic E-state index is 12.3. The quantitative estimate of drug-likeness (QED) is 0.501. The van der Waals surface area contributed by atoms with Crippen LogP contribution in [0.5, 0.6) is 0 Å². The number of rotatable bonds is 7. The van der Waals surface area contributed by atoms with Crippen molar-refractivity contribution in [3.63, 3.8) is 0 Å². The molecule has 0 aromatic heterocycles. The maximum atomic E-state index is 12.3. The molecule has 1 saturated heterocycles. The van der Waals surface area contributed by atoms with E-state index >= 15 is 0 Å². The molecule has 1 aromatic carbocycles. The SMILES string of the molecule is CC(=O)CSc1ccccc1C(=O)OCC(=O)N(C)[C@H]1CCS(=O)(=O)C1. The van der Waals surface area contributed by atoms with E-state index in [1.54, 1.807) is 24.3 Å². The summed E-state index contributed by atoms with van der Waals surface area (Å²) >= 11 is 1.23. The summed E-state index contributed by atoms with van der Waals surface area (Å²) in [6.45, 7) is 1.00. The first-order chi connectivity index (χ1) is 12.2. The van der Waals surface area contributed by atoms with Crippen LogP contribution < -0.4 is 0 Å². The predicted octanol–water partition coefficient (Wildman–Crippen LogP) is 1.17. The number of likely N-dealkylation sites (N-methyl/N-ethyl adjacent to an activating group) is 1. The largest absolute Gasteiger partial charge is 0.452 e. The summed E-state index contributed by atoms with van der Waals surface area (Å²) < 4.78 is 28.1. The molecule has 0 spiro atoms. The standard InChI is InChI=1S/C17H21NO6S2/c1-12(19)10-25-15-6-4-3-5-14(15)17(21)24-9-16(20)18(2)13-7-8-26(22,23)11-13/h3-6,13H,7-11H2,1-2H3/t13-/m0/s1. The van der Waals surface area contributed by atoms with Gasteiger partial charge in [-0.05, 0) is 25.5 Å². The van der Waals surface area contributed by atoms with Crippen molar-refractivity contribution < 1.29 is 27.5 Å². The van der Waals surface area contributed by atoms with Crippen molar-refractivity contribution in [2.45, 2.75) is 24.3 Å². The molecule has 0 unspecified atom stereocenters. The van der Waals surface area contributed by atoms with E-state index in [9.17, 15) is 22.8 Å². The first-order valence-corrected chi connectivity index (χ1v) is 10.8. The number of ketones is 1. The highest BCUT2D eigenvalue weighted by Crippen LogP contribution is 2.23. The van der Waals surface area contributed by atoms with Gasteiger partial charge < -0.3 is 9.64 Å². The minimum Gasteiger partial charge on any atom is -0.452 e. The van der Waals surface area contributed by atoms with Crippen molar-refractivity contribution >= 4 is 39.3 Å². The molecule has 2 rings (SSSR count). The van der Waals surface area contributed by atoms with E-state index < -0.39 is 28.3 Å². The zero-order chi connectivity index (χ0) is 19.3. The van der Waals surface area contributed by atoms with E-state index in [1.165, 1.54) is 30.6 Å². The van der Waals surface area contributed by atoms with Crippen LogP contribution in [0.4, 0.5) is 0 Å². The molecule has 1 heterocycles. The van der Waals surface area contributed by atoms with Gasteiger partial charge in [0.2, 0.25) is 0 Å². The molecular weight excluding hydrogens is 378 g/mol. The maximum Gasteiger partial charge on any atom is 0.339 e. The molecular formula is C17H21NO6S2. The van der Waals surface area contributed by atoms with Gasteiger partial charge >= 0.3 is 5.97 Å². The molecule has 0 aliphatic carbocycles. The van der Waals surface area contributed by atoms with Crippen LogP contribution in [0.2, 0.25) is 0 Å². The fourth-order valence-corrected chi connectivity index (χ4v) is 5.15. The van der Waals surface area contributed by atoms with Gasteiger partial charge in [0.25, 0.3) is 5.91 Å². The van der Waals surface area contributed by atoms with Gasteiger partial charge in [0.1, 0.15) is 5.78 Å². The summed E-state index contributed by atoms with van der Waals surface area (Å²) in [4.78, 5) is 37.5. The second-order valence-corrected chi connectivity index (χ2v) is 9.37. The van der Waals surface area contributed by atoms with Crippen LogP contribution >= 0.6 is 11.8 Å². The predicted molar refractivity (Wildman–Crippen MR) is 98.0 cm³/mol. The number of nitrogens with zero attached hydrogens (tertiary/aromatic N) is 1. The van der Waals surface area contributed by atoms with Crippen molar-refractivity contribution in [3.05, 3.63) is 29.8 Å². The number of esters is 1. The van der Waals surface area contributed by atoms with Gasteiger partial charge in [-0.15, -0.1) is 11.8 Å². The third-order valence-corrected chi connectivity index (χ3v) is 6.98. The smallest absolute Gasteiger partial charge is 0.339 e. The minimum absolute atomic E-state index is 0.0125. The Labute approximate surface area is 157 Å². The Hall–Kier alpha value is -1.87. The average Bonchev–Trinajstić information content (AvgIpc) is 2.96. The lowest BCUT2D eigenvalue weighted by Gasteiger charge is -2.23. The van der Waals surface area contributed by atoms with Crippen molar-refractivity contribution in [2.75, 3.05) is 30.9 Å². The van der Waals surface area contributed by atoms with Gasteiger partial charge in [-0.25, -0.2) is 13.2 Å². The van der Waals surface area contributed by atoms with Crippen molar-refractivity contribution in [1.29, 1.82) is 0 Å².